The van der Waals surface area contributed by atoms with Gasteiger partial charge in [0.1, 0.15) is 0 Å². The van der Waals surface area contributed by atoms with Crippen molar-refractivity contribution in [1.29, 1.82) is 0 Å². The molecule has 0 aliphatic carbocycles. The third-order valence-electron chi connectivity index (χ3n) is 3.74. The summed E-state index contributed by atoms with van der Waals surface area (Å²) in [5, 5.41) is 0. The van der Waals surface area contributed by atoms with Gasteiger partial charge in [-0.1, -0.05) is 24.0 Å². The fourth-order valence-corrected chi connectivity index (χ4v) is 2.28. The molecule has 0 aliphatic heterocycles. The summed E-state index contributed by atoms with van der Waals surface area (Å²) in [7, 11) is 5.16. The number of carbonyl (C=O) groups excluding carboxylic acids is 1. The second kappa shape index (κ2) is 9.63. The lowest BCUT2D eigenvalue weighted by Gasteiger charge is -2.15. The zero-order valence-electron chi connectivity index (χ0n) is 14.9. The lowest BCUT2D eigenvalue weighted by molar-refractivity contribution is 0.0600. The van der Waals surface area contributed by atoms with Gasteiger partial charge in [0, 0.05) is 31.3 Å². The first-order valence-electron chi connectivity index (χ1n) is 8.09. The van der Waals surface area contributed by atoms with Gasteiger partial charge in [0.05, 0.1) is 19.3 Å². The molecule has 0 saturated carbocycles. The van der Waals surface area contributed by atoms with Crippen molar-refractivity contribution in [2.75, 3.05) is 34.4 Å². The molecule has 0 saturated heterocycles. The molecule has 25 heavy (non-hydrogen) atoms. The highest BCUT2D eigenvalue weighted by Crippen LogP contribution is 2.08. The smallest absolute Gasteiger partial charge is 0.337 e. The summed E-state index contributed by atoms with van der Waals surface area (Å²) in [6, 6.07) is 15.3. The molecular weight excluding hydrogens is 314 g/mol. The second-order valence-corrected chi connectivity index (χ2v) is 5.75. The van der Waals surface area contributed by atoms with Gasteiger partial charge in [-0.05, 0) is 49.0 Å². The Labute approximate surface area is 149 Å². The van der Waals surface area contributed by atoms with Crippen LogP contribution in [0.4, 0.5) is 0 Å². The fraction of sp³-hybridized carbons (Fsp3) is 0.286. The van der Waals surface area contributed by atoms with Gasteiger partial charge in [-0.2, -0.15) is 0 Å². The molecule has 2 aromatic carbocycles. The number of hydrogen-bond donors (Lipinski definition) is 0. The quantitative estimate of drug-likeness (QED) is 0.600. The SMILES string of the molecule is COCCN(C)Cc1ccc(C#Cc2ccc(C(=O)OC)cc2)cc1. The van der Waals surface area contributed by atoms with Gasteiger partial charge in [-0.25, -0.2) is 4.79 Å². The van der Waals surface area contributed by atoms with Crippen molar-refractivity contribution in [2.45, 2.75) is 6.54 Å². The minimum absolute atomic E-state index is 0.342. The summed E-state index contributed by atoms with van der Waals surface area (Å²) in [6.07, 6.45) is 0. The molecule has 0 N–H and O–H groups in total. The summed E-state index contributed by atoms with van der Waals surface area (Å²) < 4.78 is 9.76. The number of benzene rings is 2. The fourth-order valence-electron chi connectivity index (χ4n) is 2.28. The first kappa shape index (κ1) is 18.7. The number of carbonyl (C=O) groups is 1. The van der Waals surface area contributed by atoms with E-state index in [9.17, 15) is 4.79 Å². The molecule has 4 heteroatoms. The Morgan fingerprint density at radius 3 is 2.04 bits per heavy atom. The highest BCUT2D eigenvalue weighted by atomic mass is 16.5. The topological polar surface area (TPSA) is 38.8 Å². The van der Waals surface area contributed by atoms with Crippen molar-refractivity contribution in [3.05, 3.63) is 70.8 Å². The summed E-state index contributed by atoms with van der Waals surface area (Å²) in [5.74, 6) is 5.90. The Balaban J connectivity index is 1.97. The number of hydrogen-bond acceptors (Lipinski definition) is 4. The van der Waals surface area contributed by atoms with E-state index in [1.165, 1.54) is 12.7 Å². The van der Waals surface area contributed by atoms with Crippen LogP contribution in [-0.4, -0.2) is 45.3 Å². The van der Waals surface area contributed by atoms with Crippen molar-refractivity contribution < 1.29 is 14.3 Å². The van der Waals surface area contributed by atoms with E-state index in [1.807, 2.05) is 24.3 Å². The molecule has 2 rings (SSSR count). The van der Waals surface area contributed by atoms with Crippen LogP contribution >= 0.6 is 0 Å². The maximum atomic E-state index is 11.4. The monoisotopic (exact) mass is 337 g/mol. The van der Waals surface area contributed by atoms with Crippen LogP contribution in [-0.2, 0) is 16.0 Å². The third-order valence-corrected chi connectivity index (χ3v) is 3.74. The van der Waals surface area contributed by atoms with Crippen molar-refractivity contribution in [2.24, 2.45) is 0 Å². The van der Waals surface area contributed by atoms with Gasteiger partial charge in [-0.15, -0.1) is 0 Å². The molecule has 0 fully saturated rings. The van der Waals surface area contributed by atoms with Crippen LogP contribution < -0.4 is 0 Å². The highest BCUT2D eigenvalue weighted by molar-refractivity contribution is 5.89. The Bertz CT molecular complexity index is 739. The average Bonchev–Trinajstić information content (AvgIpc) is 2.65. The predicted molar refractivity (Wildman–Crippen MR) is 98.4 cm³/mol. The Morgan fingerprint density at radius 2 is 1.52 bits per heavy atom. The minimum Gasteiger partial charge on any atom is -0.465 e. The van der Waals surface area contributed by atoms with Crippen LogP contribution in [0.3, 0.4) is 0 Å². The van der Waals surface area contributed by atoms with Crippen molar-refractivity contribution in [3.8, 4) is 11.8 Å². The second-order valence-electron chi connectivity index (χ2n) is 5.75. The average molecular weight is 337 g/mol. The predicted octanol–water partition coefficient (Wildman–Crippen LogP) is 2.95. The van der Waals surface area contributed by atoms with Gasteiger partial charge in [0.25, 0.3) is 0 Å². The van der Waals surface area contributed by atoms with E-state index in [2.05, 4.69) is 40.7 Å². The first-order valence-corrected chi connectivity index (χ1v) is 8.09. The molecule has 0 unspecified atom stereocenters. The van der Waals surface area contributed by atoms with Crippen molar-refractivity contribution in [3.63, 3.8) is 0 Å². The van der Waals surface area contributed by atoms with Crippen molar-refractivity contribution in [1.82, 2.24) is 4.90 Å². The van der Waals surface area contributed by atoms with E-state index < -0.39 is 0 Å². The number of nitrogens with zero attached hydrogens (tertiary/aromatic N) is 1. The number of likely N-dealkylation sites (N-methyl/N-ethyl adjacent to an activating group) is 1. The van der Waals surface area contributed by atoms with Crippen molar-refractivity contribution >= 4 is 5.97 Å². The molecule has 0 amide bonds. The lowest BCUT2D eigenvalue weighted by Crippen LogP contribution is -2.22. The number of ether oxygens (including phenoxy) is 2. The summed E-state index contributed by atoms with van der Waals surface area (Å²) >= 11 is 0. The standard InChI is InChI=1S/C21H23NO3/c1-22(14-15-24-2)16-19-8-6-17(7-9-19)4-5-18-10-12-20(13-11-18)21(23)25-3/h6-13H,14-16H2,1-3H3. The molecule has 130 valence electrons. The van der Waals surface area contributed by atoms with Crippen LogP contribution in [0.5, 0.6) is 0 Å². The molecule has 4 nitrogen and oxygen atoms in total. The van der Waals surface area contributed by atoms with Gasteiger partial charge in [0.2, 0.25) is 0 Å². The number of methoxy groups -OCH3 is 2. The van der Waals surface area contributed by atoms with E-state index in [1.54, 1.807) is 19.2 Å². The van der Waals surface area contributed by atoms with E-state index in [-0.39, 0.29) is 5.97 Å². The minimum atomic E-state index is -0.342. The Hall–Kier alpha value is -2.61. The molecule has 0 spiro atoms. The maximum absolute atomic E-state index is 11.4. The van der Waals surface area contributed by atoms with Crippen LogP contribution in [0, 0.1) is 11.8 Å². The van der Waals surface area contributed by atoms with Crippen LogP contribution in [0.2, 0.25) is 0 Å². The molecule has 0 heterocycles. The molecular formula is C21H23NO3. The summed E-state index contributed by atoms with van der Waals surface area (Å²) in [5.41, 5.74) is 3.58. The molecule has 0 aliphatic rings. The molecule has 0 bridgehead atoms. The molecule has 0 aromatic heterocycles. The summed E-state index contributed by atoms with van der Waals surface area (Å²) in [6.45, 7) is 2.51. The molecule has 0 radical (unpaired) electrons. The zero-order valence-corrected chi connectivity index (χ0v) is 14.9. The maximum Gasteiger partial charge on any atom is 0.337 e. The first-order chi connectivity index (χ1) is 12.1. The van der Waals surface area contributed by atoms with Gasteiger partial charge < -0.3 is 9.47 Å². The van der Waals surface area contributed by atoms with E-state index in [0.29, 0.717) is 5.56 Å². The normalized spacial score (nSPS) is 10.2. The summed E-state index contributed by atoms with van der Waals surface area (Å²) in [4.78, 5) is 13.6. The van der Waals surface area contributed by atoms with Gasteiger partial charge >= 0.3 is 5.97 Å². The number of esters is 1. The third kappa shape index (κ3) is 6.07. The number of rotatable bonds is 6. The molecule has 0 atom stereocenters. The lowest BCUT2D eigenvalue weighted by atomic mass is 10.1. The van der Waals surface area contributed by atoms with Crippen LogP contribution in [0.1, 0.15) is 27.0 Å². The zero-order chi connectivity index (χ0) is 18.1. The van der Waals surface area contributed by atoms with E-state index >= 15 is 0 Å². The van der Waals surface area contributed by atoms with Gasteiger partial charge in [-0.3, -0.25) is 4.90 Å². The molecule has 2 aromatic rings. The Morgan fingerprint density at radius 1 is 0.960 bits per heavy atom. The van der Waals surface area contributed by atoms with Crippen LogP contribution in [0.25, 0.3) is 0 Å². The largest absolute Gasteiger partial charge is 0.465 e. The highest BCUT2D eigenvalue weighted by Gasteiger charge is 2.03. The van der Waals surface area contributed by atoms with Crippen LogP contribution in [0.15, 0.2) is 48.5 Å². The Kier molecular flexibility index (Phi) is 7.21. The van der Waals surface area contributed by atoms with E-state index in [0.717, 1.165) is 30.8 Å². The van der Waals surface area contributed by atoms with E-state index in [4.69, 9.17) is 4.74 Å². The van der Waals surface area contributed by atoms with Gasteiger partial charge in [0.15, 0.2) is 0 Å².